The van der Waals surface area contributed by atoms with Crippen molar-refractivity contribution in [2.45, 2.75) is 31.9 Å². The molecular weight excluding hydrogens is 464 g/mol. The molecule has 0 saturated heterocycles. The van der Waals surface area contributed by atoms with Crippen LogP contribution in [0, 0.1) is 6.92 Å². The van der Waals surface area contributed by atoms with Crippen molar-refractivity contribution >= 4 is 11.3 Å². The second-order valence-electron chi connectivity index (χ2n) is 9.53. The van der Waals surface area contributed by atoms with Crippen molar-refractivity contribution in [1.82, 2.24) is 24.1 Å². The predicted molar refractivity (Wildman–Crippen MR) is 145 cm³/mol. The van der Waals surface area contributed by atoms with Gasteiger partial charge in [-0.1, -0.05) is 42.5 Å². The van der Waals surface area contributed by atoms with Gasteiger partial charge in [-0.25, -0.2) is 14.5 Å². The van der Waals surface area contributed by atoms with E-state index in [0.29, 0.717) is 11.6 Å². The number of benzene rings is 2. The number of nitrogens with one attached hydrogen (secondary N) is 1. The first kappa shape index (κ1) is 23.2. The minimum absolute atomic E-state index is 0.276. The Balaban J connectivity index is 1.63. The topological polar surface area (TPSA) is 78.5 Å². The Morgan fingerprint density at radius 3 is 2.51 bits per heavy atom. The van der Waals surface area contributed by atoms with E-state index in [9.17, 15) is 0 Å². The van der Waals surface area contributed by atoms with Gasteiger partial charge >= 0.3 is 0 Å². The number of aryl methyl sites for hydroxylation is 1. The number of nitrogens with zero attached hydrogens (tertiary/aromatic N) is 5. The average Bonchev–Trinajstić information content (AvgIpc) is 3.50. The highest BCUT2D eigenvalue weighted by atomic mass is 16.5. The van der Waals surface area contributed by atoms with Crippen LogP contribution in [0.2, 0.25) is 0 Å². The summed E-state index contributed by atoms with van der Waals surface area (Å²) in [7, 11) is 5.43. The molecule has 3 aromatic heterocycles. The van der Waals surface area contributed by atoms with Crippen molar-refractivity contribution in [3.8, 4) is 39.7 Å². The van der Waals surface area contributed by atoms with E-state index >= 15 is 0 Å². The zero-order valence-electron chi connectivity index (χ0n) is 21.5. The second-order valence-corrected chi connectivity index (χ2v) is 9.53. The number of ether oxygens (including phenoxy) is 2. The highest BCUT2D eigenvalue weighted by Gasteiger charge is 2.31. The molecule has 2 aromatic carbocycles. The Bertz CT molecular complexity index is 1570. The molecule has 6 rings (SSSR count). The summed E-state index contributed by atoms with van der Waals surface area (Å²) in [5.41, 5.74) is 6.35. The van der Waals surface area contributed by atoms with Crippen LogP contribution in [-0.4, -0.2) is 50.5 Å². The van der Waals surface area contributed by atoms with Crippen molar-refractivity contribution in [3.05, 3.63) is 72.7 Å². The first-order valence-electron chi connectivity index (χ1n) is 12.5. The Labute approximate surface area is 215 Å². The van der Waals surface area contributed by atoms with Crippen LogP contribution in [0.5, 0.6) is 5.75 Å². The summed E-state index contributed by atoms with van der Waals surface area (Å²) < 4.78 is 15.1. The summed E-state index contributed by atoms with van der Waals surface area (Å²) in [4.78, 5) is 9.55. The van der Waals surface area contributed by atoms with Gasteiger partial charge in [-0.15, -0.1) is 5.10 Å². The molecule has 8 nitrogen and oxygen atoms in total. The monoisotopic (exact) mass is 494 g/mol. The molecule has 1 aliphatic rings. The molecule has 0 radical (unpaired) electrons. The van der Waals surface area contributed by atoms with Gasteiger partial charge in [0.05, 0.1) is 13.2 Å². The van der Waals surface area contributed by atoms with Gasteiger partial charge in [-0.05, 0) is 42.5 Å². The Hall–Kier alpha value is -4.17. The van der Waals surface area contributed by atoms with Crippen molar-refractivity contribution < 1.29 is 9.47 Å². The van der Waals surface area contributed by atoms with E-state index in [1.54, 1.807) is 20.4 Å². The molecule has 188 valence electrons. The molecule has 0 aliphatic heterocycles. The standard InChI is InChI=1S/C29H30N6O2/c1-18-22(11-8-12-24(18)37-4)23-17-35-26(25(23)19-9-6-5-7-10-19)27(31-20-15-21(16-20)36-3)32-28(33-35)29-30-13-14-34(29)2/h5-14,17,20-21H,15-16H2,1-4H3,(H,31,32,33). The van der Waals surface area contributed by atoms with Crippen LogP contribution in [0.15, 0.2) is 67.1 Å². The van der Waals surface area contributed by atoms with Gasteiger partial charge in [0.1, 0.15) is 11.3 Å². The largest absolute Gasteiger partial charge is 0.496 e. The van der Waals surface area contributed by atoms with E-state index in [-0.39, 0.29) is 12.1 Å². The maximum absolute atomic E-state index is 5.66. The molecule has 0 unspecified atom stereocenters. The highest BCUT2D eigenvalue weighted by molar-refractivity contribution is 5.99. The Morgan fingerprint density at radius 1 is 1.00 bits per heavy atom. The molecule has 3 heterocycles. The second kappa shape index (κ2) is 9.37. The van der Waals surface area contributed by atoms with Crippen molar-refractivity contribution in [3.63, 3.8) is 0 Å². The third-order valence-corrected chi connectivity index (χ3v) is 7.28. The number of fused-ring (bicyclic) bond motifs is 1. The normalized spacial score (nSPS) is 17.1. The van der Waals surface area contributed by atoms with Crippen LogP contribution in [0.1, 0.15) is 18.4 Å². The minimum atomic E-state index is 0.276. The van der Waals surface area contributed by atoms with Crippen molar-refractivity contribution in [2.24, 2.45) is 7.05 Å². The lowest BCUT2D eigenvalue weighted by Crippen LogP contribution is -2.40. The van der Waals surface area contributed by atoms with Crippen LogP contribution in [-0.2, 0) is 11.8 Å². The maximum Gasteiger partial charge on any atom is 0.218 e. The lowest BCUT2D eigenvalue weighted by atomic mass is 9.89. The molecule has 1 saturated carbocycles. The molecule has 8 heteroatoms. The molecular formula is C29H30N6O2. The smallest absolute Gasteiger partial charge is 0.218 e. The SMILES string of the molecule is COc1cccc(-c2cn3nc(-c4nccn4C)nc(NC4CC(OC)C4)c3c2-c2ccccc2)c1C. The predicted octanol–water partition coefficient (Wildman–Crippen LogP) is 5.37. The fourth-order valence-corrected chi connectivity index (χ4v) is 5.16. The zero-order chi connectivity index (χ0) is 25.5. The number of anilines is 1. The maximum atomic E-state index is 5.66. The van der Waals surface area contributed by atoms with Crippen molar-refractivity contribution in [2.75, 3.05) is 19.5 Å². The van der Waals surface area contributed by atoms with Gasteiger partial charge in [0.2, 0.25) is 5.82 Å². The Morgan fingerprint density at radius 2 is 1.81 bits per heavy atom. The van der Waals surface area contributed by atoms with E-state index < -0.39 is 0 Å². The van der Waals surface area contributed by atoms with Gasteiger partial charge in [0.25, 0.3) is 0 Å². The van der Waals surface area contributed by atoms with Gasteiger partial charge in [0, 0.05) is 49.9 Å². The fraction of sp³-hybridized carbons (Fsp3) is 0.276. The molecule has 0 bridgehead atoms. The number of imidazole rings is 1. The number of aromatic nitrogens is 5. The molecule has 5 aromatic rings. The Kier molecular flexibility index (Phi) is 5.88. The van der Waals surface area contributed by atoms with Gasteiger partial charge < -0.3 is 19.4 Å². The van der Waals surface area contributed by atoms with Gasteiger partial charge in [-0.2, -0.15) is 0 Å². The highest BCUT2D eigenvalue weighted by Crippen LogP contribution is 2.42. The summed E-state index contributed by atoms with van der Waals surface area (Å²) in [6.07, 6.45) is 7.92. The fourth-order valence-electron chi connectivity index (χ4n) is 5.16. The lowest BCUT2D eigenvalue weighted by molar-refractivity contribution is 0.0328. The average molecular weight is 495 g/mol. The summed E-state index contributed by atoms with van der Waals surface area (Å²) >= 11 is 0. The van der Waals surface area contributed by atoms with E-state index in [0.717, 1.165) is 57.7 Å². The summed E-state index contributed by atoms with van der Waals surface area (Å²) in [6.45, 7) is 2.09. The third kappa shape index (κ3) is 4.03. The number of hydrogen-bond acceptors (Lipinski definition) is 6. The third-order valence-electron chi connectivity index (χ3n) is 7.28. The van der Waals surface area contributed by atoms with Crippen LogP contribution < -0.4 is 10.1 Å². The molecule has 1 N–H and O–H groups in total. The first-order valence-corrected chi connectivity index (χ1v) is 12.5. The number of hydrogen-bond donors (Lipinski definition) is 1. The number of methoxy groups -OCH3 is 2. The quantitative estimate of drug-likeness (QED) is 0.328. The first-order chi connectivity index (χ1) is 18.1. The molecule has 1 fully saturated rings. The molecule has 0 spiro atoms. The van der Waals surface area contributed by atoms with E-state index in [1.165, 1.54) is 0 Å². The zero-order valence-corrected chi connectivity index (χ0v) is 21.5. The molecule has 0 atom stereocenters. The van der Waals surface area contributed by atoms with E-state index in [1.807, 2.05) is 40.5 Å². The summed E-state index contributed by atoms with van der Waals surface area (Å²) in [5, 5.41) is 8.66. The van der Waals surface area contributed by atoms with Crippen LogP contribution >= 0.6 is 0 Å². The molecule has 37 heavy (non-hydrogen) atoms. The van der Waals surface area contributed by atoms with Gasteiger partial charge in [-0.3, -0.25) is 0 Å². The van der Waals surface area contributed by atoms with Crippen LogP contribution in [0.4, 0.5) is 5.82 Å². The van der Waals surface area contributed by atoms with Crippen molar-refractivity contribution in [1.29, 1.82) is 0 Å². The minimum Gasteiger partial charge on any atom is -0.496 e. The lowest BCUT2D eigenvalue weighted by Gasteiger charge is -2.35. The van der Waals surface area contributed by atoms with E-state index in [4.69, 9.17) is 19.6 Å². The number of rotatable bonds is 7. The van der Waals surface area contributed by atoms with Crippen LogP contribution in [0.25, 0.3) is 39.4 Å². The summed E-state index contributed by atoms with van der Waals surface area (Å²) in [5.74, 6) is 2.92. The van der Waals surface area contributed by atoms with Crippen LogP contribution in [0.3, 0.4) is 0 Å². The summed E-state index contributed by atoms with van der Waals surface area (Å²) in [6, 6.07) is 16.9. The molecule has 0 amide bonds. The van der Waals surface area contributed by atoms with E-state index in [2.05, 4.69) is 53.8 Å². The molecule has 1 aliphatic carbocycles. The van der Waals surface area contributed by atoms with Gasteiger partial charge in [0.15, 0.2) is 11.6 Å².